The Balaban J connectivity index is 1.54. The van der Waals surface area contributed by atoms with Gasteiger partial charge < -0.3 is 54.1 Å². The molecule has 1 aromatic carbocycles. The molecule has 15 atom stereocenters. The number of benzene rings is 1. The van der Waals surface area contributed by atoms with Crippen LogP contribution in [0, 0.1) is 28.6 Å². The topological polar surface area (TPSA) is 185 Å². The lowest BCUT2D eigenvalue weighted by Gasteiger charge is -2.72. The number of hydrogen-bond donors (Lipinski definition) is 5. The SMILES string of the molecule is COC[C@]12CN(C)C3[C@@H]4[C@H](O)[C@H]1[C@@]3([C@@H](OC)CC2O)[C@]1(O)C[C@]2(O)[C@H](OC(=O)c3ccccc3)[C@@H]1[C@]4(OC(C)=O)[C@@H](O)[C@@H]2OC. The van der Waals surface area contributed by atoms with Crippen LogP contribution in [0.2, 0.25) is 0 Å². The van der Waals surface area contributed by atoms with Crippen LogP contribution in [0.5, 0.6) is 0 Å². The molecule has 7 rings (SSSR count). The zero-order chi connectivity index (χ0) is 32.5. The first kappa shape index (κ1) is 31.4. The molecule has 0 radical (unpaired) electrons. The van der Waals surface area contributed by atoms with Crippen LogP contribution in [-0.4, -0.2) is 143 Å². The summed E-state index contributed by atoms with van der Waals surface area (Å²) in [5.74, 6) is -5.00. The minimum atomic E-state index is -2.16. The minimum absolute atomic E-state index is 0.0269. The number of piperidine rings is 1. The molecule has 6 aliphatic rings. The predicted molar refractivity (Wildman–Crippen MR) is 153 cm³/mol. The Morgan fingerprint density at radius 1 is 1.00 bits per heavy atom. The van der Waals surface area contributed by atoms with Crippen molar-refractivity contribution in [2.45, 2.75) is 79.2 Å². The van der Waals surface area contributed by atoms with Gasteiger partial charge in [0.15, 0.2) is 5.60 Å². The van der Waals surface area contributed by atoms with E-state index in [2.05, 4.69) is 0 Å². The van der Waals surface area contributed by atoms with E-state index in [1.165, 1.54) is 21.3 Å². The lowest BCUT2D eigenvalue weighted by molar-refractivity contribution is -0.353. The van der Waals surface area contributed by atoms with Crippen LogP contribution < -0.4 is 0 Å². The summed E-state index contributed by atoms with van der Waals surface area (Å²) in [5.41, 5.74) is -8.68. The number of ether oxygens (including phenoxy) is 5. The van der Waals surface area contributed by atoms with E-state index in [0.717, 1.165) is 6.92 Å². The summed E-state index contributed by atoms with van der Waals surface area (Å²) in [4.78, 5) is 28.6. The van der Waals surface area contributed by atoms with E-state index in [1.54, 1.807) is 37.4 Å². The third-order valence-electron chi connectivity index (χ3n) is 12.7. The molecule has 7 bridgehead atoms. The van der Waals surface area contributed by atoms with Gasteiger partial charge in [-0.05, 0) is 19.2 Å². The van der Waals surface area contributed by atoms with Crippen molar-refractivity contribution in [3.05, 3.63) is 35.9 Å². The van der Waals surface area contributed by atoms with Gasteiger partial charge in [-0.1, -0.05) is 18.2 Å². The van der Waals surface area contributed by atoms with Crippen molar-refractivity contribution in [2.24, 2.45) is 28.6 Å². The molecule has 6 fully saturated rings. The van der Waals surface area contributed by atoms with Crippen molar-refractivity contribution in [1.29, 1.82) is 0 Å². The first-order valence-electron chi connectivity index (χ1n) is 15.5. The fourth-order valence-electron chi connectivity index (χ4n) is 12.0. The number of hydrogen-bond acceptors (Lipinski definition) is 13. The molecule has 2 unspecified atom stereocenters. The first-order valence-corrected chi connectivity index (χ1v) is 15.5. The van der Waals surface area contributed by atoms with Gasteiger partial charge in [0.1, 0.15) is 23.9 Å². The number of fused-ring (bicyclic) bond motifs is 2. The number of aliphatic hydroxyl groups is 5. The van der Waals surface area contributed by atoms with Crippen molar-refractivity contribution in [3.63, 3.8) is 0 Å². The molecule has 5 saturated carbocycles. The van der Waals surface area contributed by atoms with Crippen LogP contribution in [-0.2, 0) is 28.5 Å². The van der Waals surface area contributed by atoms with Gasteiger partial charge in [-0.3, -0.25) is 4.79 Å². The minimum Gasteiger partial charge on any atom is -0.455 e. The van der Waals surface area contributed by atoms with Crippen molar-refractivity contribution in [2.75, 3.05) is 41.5 Å². The average molecular weight is 634 g/mol. The molecular formula is C32H43NO12. The highest BCUT2D eigenvalue weighted by Crippen LogP contribution is 2.81. The van der Waals surface area contributed by atoms with Gasteiger partial charge in [-0.25, -0.2) is 4.79 Å². The van der Waals surface area contributed by atoms with Gasteiger partial charge in [-0.2, -0.15) is 0 Å². The van der Waals surface area contributed by atoms with E-state index in [9.17, 15) is 35.1 Å². The number of rotatable bonds is 7. The molecule has 1 spiro atoms. The molecule has 13 heteroatoms. The van der Waals surface area contributed by atoms with Crippen LogP contribution >= 0.6 is 0 Å². The van der Waals surface area contributed by atoms with E-state index >= 15 is 0 Å². The molecule has 0 aromatic heterocycles. The Bertz CT molecular complexity index is 1380. The van der Waals surface area contributed by atoms with E-state index in [4.69, 9.17) is 23.7 Å². The number of likely N-dealkylation sites (tertiary alicyclic amines) is 1. The quantitative estimate of drug-likeness (QED) is 0.224. The highest BCUT2D eigenvalue weighted by atomic mass is 16.6. The number of carbonyl (C=O) groups is 2. The van der Waals surface area contributed by atoms with E-state index in [-0.39, 0.29) is 25.1 Å². The second-order valence-electron chi connectivity index (χ2n) is 14.2. The monoisotopic (exact) mass is 633 g/mol. The Morgan fingerprint density at radius 3 is 2.29 bits per heavy atom. The molecular weight excluding hydrogens is 590 g/mol. The Morgan fingerprint density at radius 2 is 1.69 bits per heavy atom. The molecule has 1 saturated heterocycles. The summed E-state index contributed by atoms with van der Waals surface area (Å²) in [7, 11) is 6.04. The maximum absolute atomic E-state index is 13.6. The molecule has 1 heterocycles. The van der Waals surface area contributed by atoms with E-state index < -0.39 is 106 Å². The fraction of sp³-hybridized carbons (Fsp3) is 0.750. The molecule has 13 nitrogen and oxygen atoms in total. The van der Waals surface area contributed by atoms with Crippen LogP contribution in [0.15, 0.2) is 30.3 Å². The number of carbonyl (C=O) groups excluding carboxylic acids is 2. The van der Waals surface area contributed by atoms with Crippen LogP contribution in [0.1, 0.15) is 30.1 Å². The van der Waals surface area contributed by atoms with Gasteiger partial charge in [0.05, 0.1) is 42.0 Å². The first-order chi connectivity index (χ1) is 21.3. The smallest absolute Gasteiger partial charge is 0.338 e. The number of esters is 2. The predicted octanol–water partition coefficient (Wildman–Crippen LogP) is -1.28. The summed E-state index contributed by atoms with van der Waals surface area (Å²) in [6.07, 6.45) is -8.41. The van der Waals surface area contributed by atoms with Crippen molar-refractivity contribution >= 4 is 11.9 Å². The van der Waals surface area contributed by atoms with Gasteiger partial charge in [0.2, 0.25) is 0 Å². The largest absolute Gasteiger partial charge is 0.455 e. The van der Waals surface area contributed by atoms with Crippen LogP contribution in [0.3, 0.4) is 0 Å². The number of aliphatic hydroxyl groups excluding tert-OH is 3. The second kappa shape index (κ2) is 9.91. The maximum Gasteiger partial charge on any atom is 0.338 e. The summed E-state index contributed by atoms with van der Waals surface area (Å²) < 4.78 is 29.9. The second-order valence-corrected chi connectivity index (χ2v) is 14.2. The lowest BCUT2D eigenvalue weighted by Crippen LogP contribution is -2.85. The Kier molecular flexibility index (Phi) is 6.91. The molecule has 1 aromatic rings. The van der Waals surface area contributed by atoms with Crippen molar-refractivity contribution < 1.29 is 58.8 Å². The highest BCUT2D eigenvalue weighted by Gasteiger charge is 2.96. The number of methoxy groups -OCH3 is 3. The van der Waals surface area contributed by atoms with Gasteiger partial charge in [0, 0.05) is 76.3 Å². The van der Waals surface area contributed by atoms with Gasteiger partial charge >= 0.3 is 11.9 Å². The Hall–Kier alpha value is -2.20. The highest BCUT2D eigenvalue weighted by molar-refractivity contribution is 5.89. The Labute approximate surface area is 261 Å². The lowest BCUT2D eigenvalue weighted by atomic mass is 9.40. The summed E-state index contributed by atoms with van der Waals surface area (Å²) in [5, 5.41) is 62.8. The molecule has 0 amide bonds. The summed E-state index contributed by atoms with van der Waals surface area (Å²) >= 11 is 0. The zero-order valence-corrected chi connectivity index (χ0v) is 26.0. The third kappa shape index (κ3) is 3.34. The molecule has 5 aliphatic carbocycles. The standard InChI is InChI=1S/C32H43NO12/c1-15(34)45-32-19-20(36)21-28(14-41-3)13-33(2)23(19)31(21,18(42-4)11-17(28)35)30(40)12-29(39,26(43-5)24(32)37)25(22(30)32)44-27(38)16-9-7-6-8-10-16/h6-10,17-26,35-37,39-40H,11-14H2,1-5H3/t17?,18-,19-,20-,21+,22-,23?,24-,25+,26-,28-,29-,30-,31+,32-/m0/s1. The van der Waals surface area contributed by atoms with Gasteiger partial charge in [0.25, 0.3) is 0 Å². The normalized spacial score (nSPS) is 52.4. The zero-order valence-electron chi connectivity index (χ0n) is 26.0. The molecule has 5 N–H and O–H groups in total. The van der Waals surface area contributed by atoms with Crippen LogP contribution in [0.25, 0.3) is 0 Å². The molecule has 1 aliphatic heterocycles. The van der Waals surface area contributed by atoms with Gasteiger partial charge in [-0.15, -0.1) is 0 Å². The van der Waals surface area contributed by atoms with E-state index in [0.29, 0.717) is 0 Å². The van der Waals surface area contributed by atoms with Crippen LogP contribution in [0.4, 0.5) is 0 Å². The third-order valence-corrected chi connectivity index (χ3v) is 12.7. The molecule has 248 valence electrons. The van der Waals surface area contributed by atoms with E-state index in [1.807, 2.05) is 4.90 Å². The summed E-state index contributed by atoms with van der Waals surface area (Å²) in [6, 6.07) is 7.37. The maximum atomic E-state index is 13.6. The van der Waals surface area contributed by atoms with Crippen molar-refractivity contribution in [3.8, 4) is 0 Å². The summed E-state index contributed by atoms with van der Waals surface area (Å²) in [6.45, 7) is 1.46. The average Bonchev–Trinajstić information content (AvgIpc) is 3.33. The van der Waals surface area contributed by atoms with Crippen molar-refractivity contribution in [1.82, 2.24) is 4.90 Å². The number of nitrogens with zero attached hydrogens (tertiary/aromatic N) is 1. The fourth-order valence-corrected chi connectivity index (χ4v) is 12.0. The molecule has 45 heavy (non-hydrogen) atoms.